The molecule has 0 saturated carbocycles. The second-order valence-electron chi connectivity index (χ2n) is 4.91. The van der Waals surface area contributed by atoms with Crippen LogP contribution >= 0.6 is 0 Å². The van der Waals surface area contributed by atoms with Gasteiger partial charge >= 0.3 is 0 Å². The largest absolute Gasteiger partial charge is 0.393 e. The molecule has 0 radical (unpaired) electrons. The van der Waals surface area contributed by atoms with E-state index in [1.165, 1.54) is 0 Å². The van der Waals surface area contributed by atoms with Gasteiger partial charge in [0.05, 0.1) is 24.4 Å². The van der Waals surface area contributed by atoms with Crippen molar-refractivity contribution in [3.63, 3.8) is 0 Å². The molecule has 0 bridgehead atoms. The molecule has 84 valence electrons. The molecule has 0 aromatic heterocycles. The number of rotatable bonds is 7. The molecular formula is C11H22O3. The Labute approximate surface area is 86.1 Å². The molecule has 1 unspecified atom stereocenters. The van der Waals surface area contributed by atoms with Crippen LogP contribution < -0.4 is 0 Å². The Morgan fingerprint density at radius 1 is 1.43 bits per heavy atom. The van der Waals surface area contributed by atoms with Gasteiger partial charge < -0.3 is 14.9 Å². The summed E-state index contributed by atoms with van der Waals surface area (Å²) in [5.74, 6) is 0. The van der Waals surface area contributed by atoms with Gasteiger partial charge in [0, 0.05) is 6.42 Å². The van der Waals surface area contributed by atoms with Crippen LogP contribution in [-0.4, -0.2) is 34.6 Å². The minimum atomic E-state index is -0.751. The highest BCUT2D eigenvalue weighted by Crippen LogP contribution is 2.19. The zero-order valence-electron chi connectivity index (χ0n) is 9.20. The minimum absolute atomic E-state index is 0.366. The summed E-state index contributed by atoms with van der Waals surface area (Å²) in [6.07, 6.45) is 4.65. The van der Waals surface area contributed by atoms with Crippen molar-refractivity contribution in [3.05, 3.63) is 0 Å². The first kappa shape index (κ1) is 12.0. The number of hydrogen-bond donors (Lipinski definition) is 2. The van der Waals surface area contributed by atoms with E-state index in [4.69, 9.17) is 4.74 Å². The Morgan fingerprint density at radius 3 is 2.57 bits per heavy atom. The zero-order valence-corrected chi connectivity index (χ0v) is 9.20. The predicted octanol–water partition coefficient (Wildman–Crippen LogP) is 1.47. The maximum Gasteiger partial charge on any atom is 0.0810 e. The van der Waals surface area contributed by atoms with E-state index < -0.39 is 5.60 Å². The molecular weight excluding hydrogens is 180 g/mol. The summed E-state index contributed by atoms with van der Waals surface area (Å²) < 4.78 is 5.09. The quantitative estimate of drug-likeness (QED) is 0.485. The molecule has 2 atom stereocenters. The van der Waals surface area contributed by atoms with Gasteiger partial charge in [0.2, 0.25) is 0 Å². The van der Waals surface area contributed by atoms with Crippen molar-refractivity contribution in [3.8, 4) is 0 Å². The van der Waals surface area contributed by atoms with E-state index in [0.717, 1.165) is 32.3 Å². The lowest BCUT2D eigenvalue weighted by molar-refractivity contribution is 0.0150. The van der Waals surface area contributed by atoms with Crippen LogP contribution in [0.2, 0.25) is 0 Å². The van der Waals surface area contributed by atoms with Crippen LogP contribution in [0, 0.1) is 0 Å². The second-order valence-corrected chi connectivity index (χ2v) is 4.91. The molecule has 0 spiro atoms. The summed E-state index contributed by atoms with van der Waals surface area (Å²) in [6.45, 7) is 4.38. The van der Waals surface area contributed by atoms with E-state index in [-0.39, 0.29) is 6.10 Å². The van der Waals surface area contributed by atoms with Gasteiger partial charge in [-0.05, 0) is 26.7 Å². The molecule has 1 aliphatic heterocycles. The SMILES string of the molecule is CC(C)(O)C[C@@H](O)CCCCC1CO1. The highest BCUT2D eigenvalue weighted by Gasteiger charge is 2.22. The van der Waals surface area contributed by atoms with Crippen molar-refractivity contribution >= 4 is 0 Å². The smallest absolute Gasteiger partial charge is 0.0810 e. The van der Waals surface area contributed by atoms with Crippen LogP contribution in [0.25, 0.3) is 0 Å². The maximum atomic E-state index is 9.57. The molecule has 3 nitrogen and oxygen atoms in total. The molecule has 2 N–H and O–H groups in total. The third-order valence-corrected chi connectivity index (χ3v) is 2.45. The van der Waals surface area contributed by atoms with Gasteiger partial charge in [-0.2, -0.15) is 0 Å². The topological polar surface area (TPSA) is 53.0 Å². The third-order valence-electron chi connectivity index (χ3n) is 2.45. The average molecular weight is 202 g/mol. The molecule has 1 fully saturated rings. The zero-order chi connectivity index (χ0) is 10.6. The van der Waals surface area contributed by atoms with Crippen molar-refractivity contribution in [1.29, 1.82) is 0 Å². The first-order chi connectivity index (χ1) is 6.47. The molecule has 0 aromatic rings. The molecule has 1 heterocycles. The summed E-state index contributed by atoms with van der Waals surface area (Å²) >= 11 is 0. The monoisotopic (exact) mass is 202 g/mol. The van der Waals surface area contributed by atoms with E-state index in [0.29, 0.717) is 12.5 Å². The molecule has 3 heteroatoms. The van der Waals surface area contributed by atoms with Gasteiger partial charge in [0.15, 0.2) is 0 Å². The first-order valence-corrected chi connectivity index (χ1v) is 5.49. The fourth-order valence-electron chi connectivity index (χ4n) is 1.67. The molecule has 0 aromatic carbocycles. The molecule has 14 heavy (non-hydrogen) atoms. The van der Waals surface area contributed by atoms with E-state index in [2.05, 4.69) is 0 Å². The summed E-state index contributed by atoms with van der Waals surface area (Å²) in [5, 5.41) is 19.0. The molecule has 1 saturated heterocycles. The normalized spacial score (nSPS) is 23.6. The standard InChI is InChI=1S/C11H22O3/c1-11(2,13)7-9(12)5-3-4-6-10-8-14-10/h9-10,12-13H,3-8H2,1-2H3/t9-,10?/m0/s1. The number of hydrogen-bond acceptors (Lipinski definition) is 3. The second kappa shape index (κ2) is 5.10. The van der Waals surface area contributed by atoms with Crippen LogP contribution in [0.15, 0.2) is 0 Å². The van der Waals surface area contributed by atoms with Gasteiger partial charge in [-0.15, -0.1) is 0 Å². The van der Waals surface area contributed by atoms with Crippen LogP contribution in [0.4, 0.5) is 0 Å². The minimum Gasteiger partial charge on any atom is -0.393 e. The third kappa shape index (κ3) is 6.35. The van der Waals surface area contributed by atoms with E-state index in [1.807, 2.05) is 0 Å². The number of ether oxygens (including phenoxy) is 1. The lowest BCUT2D eigenvalue weighted by Gasteiger charge is -2.21. The summed E-state index contributed by atoms with van der Waals surface area (Å²) in [6, 6.07) is 0. The van der Waals surface area contributed by atoms with E-state index in [9.17, 15) is 10.2 Å². The highest BCUT2D eigenvalue weighted by atomic mass is 16.6. The van der Waals surface area contributed by atoms with Gasteiger partial charge in [-0.3, -0.25) is 0 Å². The van der Waals surface area contributed by atoms with Crippen molar-refractivity contribution < 1.29 is 14.9 Å². The van der Waals surface area contributed by atoms with E-state index in [1.54, 1.807) is 13.8 Å². The van der Waals surface area contributed by atoms with Gasteiger partial charge in [0.25, 0.3) is 0 Å². The van der Waals surface area contributed by atoms with Crippen molar-refractivity contribution in [2.24, 2.45) is 0 Å². The van der Waals surface area contributed by atoms with Crippen LogP contribution in [-0.2, 0) is 4.74 Å². The van der Waals surface area contributed by atoms with Crippen molar-refractivity contribution in [2.45, 2.75) is 63.8 Å². The Hall–Kier alpha value is -0.120. The fourth-order valence-corrected chi connectivity index (χ4v) is 1.67. The van der Waals surface area contributed by atoms with Gasteiger partial charge in [0.1, 0.15) is 0 Å². The Balaban J connectivity index is 1.93. The summed E-state index contributed by atoms with van der Waals surface area (Å²) in [4.78, 5) is 0. The summed E-state index contributed by atoms with van der Waals surface area (Å²) in [5.41, 5.74) is -0.751. The lowest BCUT2D eigenvalue weighted by atomic mass is 9.97. The van der Waals surface area contributed by atoms with Crippen molar-refractivity contribution in [1.82, 2.24) is 0 Å². The number of aliphatic hydroxyl groups is 2. The number of aliphatic hydroxyl groups excluding tert-OH is 1. The van der Waals surface area contributed by atoms with Gasteiger partial charge in [-0.1, -0.05) is 12.8 Å². The Kier molecular flexibility index (Phi) is 4.35. The number of unbranched alkanes of at least 4 members (excludes halogenated alkanes) is 1. The average Bonchev–Trinajstić information content (AvgIpc) is 2.77. The summed E-state index contributed by atoms with van der Waals surface area (Å²) in [7, 11) is 0. The maximum absolute atomic E-state index is 9.57. The van der Waals surface area contributed by atoms with Crippen LogP contribution in [0.5, 0.6) is 0 Å². The van der Waals surface area contributed by atoms with Crippen LogP contribution in [0.1, 0.15) is 46.0 Å². The van der Waals surface area contributed by atoms with Gasteiger partial charge in [-0.25, -0.2) is 0 Å². The van der Waals surface area contributed by atoms with E-state index >= 15 is 0 Å². The predicted molar refractivity (Wildman–Crippen MR) is 55.1 cm³/mol. The molecule has 1 rings (SSSR count). The van der Waals surface area contributed by atoms with Crippen LogP contribution in [0.3, 0.4) is 0 Å². The Bertz CT molecular complexity index is 158. The van der Waals surface area contributed by atoms with Crippen molar-refractivity contribution in [2.75, 3.05) is 6.61 Å². The number of epoxide rings is 1. The lowest BCUT2D eigenvalue weighted by Crippen LogP contribution is -2.26. The highest BCUT2D eigenvalue weighted by molar-refractivity contribution is 4.72. The molecule has 1 aliphatic rings. The molecule has 0 aliphatic carbocycles. The Morgan fingerprint density at radius 2 is 2.07 bits per heavy atom. The fraction of sp³-hybridized carbons (Fsp3) is 1.00. The first-order valence-electron chi connectivity index (χ1n) is 5.49. The molecule has 0 amide bonds.